The van der Waals surface area contributed by atoms with Gasteiger partial charge in [0.2, 0.25) is 0 Å². The quantitative estimate of drug-likeness (QED) is 0.113. The van der Waals surface area contributed by atoms with Crippen molar-refractivity contribution in [1.29, 1.82) is 0 Å². The number of fused-ring (bicyclic) bond motifs is 3. The smallest absolute Gasteiger partial charge is 0.416 e. The molecule has 3 aromatic rings. The summed E-state index contributed by atoms with van der Waals surface area (Å²) >= 11 is 4.10. The molecule has 2 N–H and O–H groups in total. The summed E-state index contributed by atoms with van der Waals surface area (Å²) < 4.78 is 13.0. The van der Waals surface area contributed by atoms with E-state index in [-0.39, 0.29) is 12.1 Å². The number of ether oxygens (including phenoxy) is 2. The zero-order valence-electron chi connectivity index (χ0n) is 23.6. The first kappa shape index (κ1) is 29.3. The third kappa shape index (κ3) is 7.01. The Morgan fingerprint density at radius 1 is 1.27 bits per heavy atom. The highest BCUT2D eigenvalue weighted by molar-refractivity contribution is 14.1. The first-order valence-electron chi connectivity index (χ1n) is 13.8. The van der Waals surface area contributed by atoms with E-state index in [1.807, 2.05) is 55.2 Å². The van der Waals surface area contributed by atoms with Crippen LogP contribution in [0.4, 0.5) is 4.79 Å². The van der Waals surface area contributed by atoms with E-state index in [9.17, 15) is 4.79 Å². The maximum absolute atomic E-state index is 13.5. The number of aromatic amines is 1. The van der Waals surface area contributed by atoms with Crippen molar-refractivity contribution < 1.29 is 14.3 Å². The van der Waals surface area contributed by atoms with Crippen LogP contribution < -0.4 is 10.1 Å². The Balaban J connectivity index is 1.37. The van der Waals surface area contributed by atoms with E-state index in [0.29, 0.717) is 36.5 Å². The molecule has 9 heteroatoms. The number of rotatable bonds is 8. The van der Waals surface area contributed by atoms with Crippen molar-refractivity contribution in [2.75, 3.05) is 26.2 Å². The van der Waals surface area contributed by atoms with Crippen LogP contribution in [0.5, 0.6) is 5.75 Å². The van der Waals surface area contributed by atoms with Crippen molar-refractivity contribution in [2.24, 2.45) is 4.99 Å². The second kappa shape index (κ2) is 13.2. The van der Waals surface area contributed by atoms with Gasteiger partial charge >= 0.3 is 6.09 Å². The number of aryl methyl sites for hydroxylation is 1. The number of aromatic nitrogens is 1. The van der Waals surface area contributed by atoms with Gasteiger partial charge in [0.1, 0.15) is 18.1 Å². The molecule has 1 aromatic heterocycles. The molecule has 0 saturated heterocycles. The Bertz CT molecular complexity index is 1530. The first-order valence-corrected chi connectivity index (χ1v) is 15.7. The summed E-state index contributed by atoms with van der Waals surface area (Å²) in [6.07, 6.45) is 5.99. The summed E-state index contributed by atoms with van der Waals surface area (Å²) in [5, 5.41) is 6.02. The predicted molar refractivity (Wildman–Crippen MR) is 177 cm³/mol. The minimum Gasteiger partial charge on any atom is -0.492 e. The van der Waals surface area contributed by atoms with Gasteiger partial charge in [0.15, 0.2) is 5.17 Å². The van der Waals surface area contributed by atoms with Crippen LogP contribution in [0.3, 0.4) is 0 Å². The third-order valence-electron chi connectivity index (χ3n) is 7.14. The van der Waals surface area contributed by atoms with Crippen LogP contribution in [0.15, 0.2) is 83.6 Å². The Morgan fingerprint density at radius 2 is 2.07 bits per heavy atom. The third-order valence-corrected chi connectivity index (χ3v) is 8.86. The molecule has 214 valence electrons. The highest BCUT2D eigenvalue weighted by Gasteiger charge is 2.35. The van der Waals surface area contributed by atoms with Crippen molar-refractivity contribution in [3.8, 4) is 5.75 Å². The molecule has 3 heterocycles. The second-order valence-electron chi connectivity index (χ2n) is 10.3. The molecule has 0 aliphatic carbocycles. The van der Waals surface area contributed by atoms with Crippen molar-refractivity contribution in [3.63, 3.8) is 0 Å². The van der Waals surface area contributed by atoms with Crippen LogP contribution in [-0.4, -0.2) is 52.6 Å². The number of nitrogens with one attached hydrogen (secondary N) is 2. The molecular weight excluding hydrogens is 647 g/mol. The van der Waals surface area contributed by atoms with E-state index in [1.54, 1.807) is 17.8 Å². The van der Waals surface area contributed by atoms with Gasteiger partial charge in [-0.25, -0.2) is 4.79 Å². The number of aliphatic imine (C=N–C) groups is 1. The lowest BCUT2D eigenvalue weighted by Crippen LogP contribution is -2.42. The van der Waals surface area contributed by atoms with Crippen molar-refractivity contribution in [1.82, 2.24) is 15.2 Å². The van der Waals surface area contributed by atoms with Gasteiger partial charge in [-0.1, -0.05) is 49.0 Å². The number of benzene rings is 2. The van der Waals surface area contributed by atoms with Gasteiger partial charge in [0.05, 0.1) is 19.1 Å². The summed E-state index contributed by atoms with van der Waals surface area (Å²) in [4.78, 5) is 23.4. The van der Waals surface area contributed by atoms with Crippen LogP contribution in [0.25, 0.3) is 10.9 Å². The molecule has 0 saturated carbocycles. The van der Waals surface area contributed by atoms with Crippen molar-refractivity contribution in [3.05, 3.63) is 99.0 Å². The molecule has 1 amide bonds. The normalized spacial score (nSPS) is 19.1. The first-order chi connectivity index (χ1) is 19.8. The molecule has 1 unspecified atom stereocenters. The SMILES string of the molecule is C=C/C(=C\C=C(/C)C1c2[nH]c3ccc(I)cc3c2CCN1C(=O)Oc1ccc(C)cc1)OCCNC1=NC[C@@H](C)S1. The van der Waals surface area contributed by atoms with Crippen LogP contribution in [0, 0.1) is 10.5 Å². The van der Waals surface area contributed by atoms with E-state index >= 15 is 0 Å². The average molecular weight is 683 g/mol. The zero-order valence-corrected chi connectivity index (χ0v) is 26.6. The topological polar surface area (TPSA) is 79.0 Å². The molecule has 0 fully saturated rings. The highest BCUT2D eigenvalue weighted by Crippen LogP contribution is 2.39. The molecule has 2 atom stereocenters. The lowest BCUT2D eigenvalue weighted by Gasteiger charge is -2.35. The van der Waals surface area contributed by atoms with Crippen LogP contribution in [0.1, 0.15) is 36.7 Å². The Morgan fingerprint density at radius 3 is 2.80 bits per heavy atom. The van der Waals surface area contributed by atoms with Gasteiger partial charge < -0.3 is 19.8 Å². The van der Waals surface area contributed by atoms with Gasteiger partial charge in [-0.2, -0.15) is 0 Å². The second-order valence-corrected chi connectivity index (χ2v) is 12.9. The monoisotopic (exact) mass is 682 g/mol. The number of hydrogen-bond acceptors (Lipinski definition) is 6. The van der Waals surface area contributed by atoms with E-state index in [2.05, 4.69) is 69.6 Å². The Kier molecular flexibility index (Phi) is 9.44. The molecule has 2 aromatic carbocycles. The van der Waals surface area contributed by atoms with E-state index in [0.717, 1.165) is 40.5 Å². The average Bonchev–Trinajstić information content (AvgIpc) is 3.55. The van der Waals surface area contributed by atoms with Gasteiger partial charge in [0, 0.05) is 32.0 Å². The maximum atomic E-state index is 13.5. The fourth-order valence-electron chi connectivity index (χ4n) is 5.08. The molecule has 0 spiro atoms. The number of carbonyl (C=O) groups is 1. The fraction of sp³-hybridized carbons (Fsp3) is 0.312. The number of thioether (sulfide) groups is 1. The summed E-state index contributed by atoms with van der Waals surface area (Å²) in [6.45, 7) is 12.7. The molecule has 41 heavy (non-hydrogen) atoms. The Hall–Kier alpha value is -3.18. The number of amidine groups is 1. The number of nitrogens with zero attached hydrogens (tertiary/aromatic N) is 2. The van der Waals surface area contributed by atoms with Crippen molar-refractivity contribution in [2.45, 2.75) is 38.5 Å². The summed E-state index contributed by atoms with van der Waals surface area (Å²) in [6, 6.07) is 13.6. The number of H-pyrrole nitrogens is 1. The van der Waals surface area contributed by atoms with Gasteiger partial charge in [-0.15, -0.1) is 0 Å². The zero-order chi connectivity index (χ0) is 28.9. The van der Waals surface area contributed by atoms with Gasteiger partial charge in [-0.05, 0) is 96.5 Å². The number of amides is 1. The molecule has 2 aliphatic rings. The summed E-state index contributed by atoms with van der Waals surface area (Å²) in [5.41, 5.74) is 5.43. The number of carbonyl (C=O) groups excluding carboxylic acids is 1. The predicted octanol–water partition coefficient (Wildman–Crippen LogP) is 7.29. The van der Waals surface area contributed by atoms with Crippen molar-refractivity contribution >= 4 is 56.5 Å². The minimum atomic E-state index is -0.372. The summed E-state index contributed by atoms with van der Waals surface area (Å²) in [5.74, 6) is 1.20. The molecule has 0 bridgehead atoms. The molecule has 7 nitrogen and oxygen atoms in total. The van der Waals surface area contributed by atoms with E-state index < -0.39 is 0 Å². The highest BCUT2D eigenvalue weighted by atomic mass is 127. The molecule has 0 radical (unpaired) electrons. The maximum Gasteiger partial charge on any atom is 0.416 e. The lowest BCUT2D eigenvalue weighted by molar-refractivity contribution is 0.134. The van der Waals surface area contributed by atoms with Gasteiger partial charge in [-0.3, -0.25) is 9.89 Å². The van der Waals surface area contributed by atoms with E-state index in [4.69, 9.17) is 9.47 Å². The van der Waals surface area contributed by atoms with Gasteiger partial charge in [0.25, 0.3) is 0 Å². The van der Waals surface area contributed by atoms with Crippen LogP contribution in [0.2, 0.25) is 0 Å². The molecular formula is C32H35IN4O3S. The molecule has 5 rings (SSSR count). The van der Waals surface area contributed by atoms with E-state index in [1.165, 1.54) is 14.5 Å². The number of hydrogen-bond donors (Lipinski definition) is 2. The van der Waals surface area contributed by atoms with Crippen LogP contribution in [-0.2, 0) is 11.2 Å². The summed E-state index contributed by atoms with van der Waals surface area (Å²) in [7, 11) is 0. The lowest BCUT2D eigenvalue weighted by atomic mass is 9.93. The number of allylic oxidation sites excluding steroid dienone is 3. The molecule has 2 aliphatic heterocycles. The largest absolute Gasteiger partial charge is 0.492 e. The number of halogens is 1. The fourth-order valence-corrected chi connectivity index (χ4v) is 6.43. The minimum absolute atomic E-state index is 0.315. The standard InChI is InChI=1S/C32H35IN4O3S/c1-5-24(39-17-15-34-31-35-19-22(4)41-31)12-8-21(3)30-29-26(27-18-23(33)9-13-28(27)36-29)14-16-37(30)32(38)40-25-10-6-20(2)7-11-25/h5-13,18,22,30,36H,1,14-17,19H2,2-4H3,(H,34,35)/b21-8+,24-12+/t22-,30?/m1/s1. The van der Waals surface area contributed by atoms with Crippen LogP contribution >= 0.6 is 34.4 Å². The Labute approximate surface area is 259 Å².